The Morgan fingerprint density at radius 3 is 2.55 bits per heavy atom. The highest BCUT2D eigenvalue weighted by Crippen LogP contribution is 2.14. The van der Waals surface area contributed by atoms with Crippen molar-refractivity contribution in [3.63, 3.8) is 0 Å². The molecule has 0 spiro atoms. The van der Waals surface area contributed by atoms with Gasteiger partial charge in [-0.3, -0.25) is 4.79 Å². The maximum Gasteiger partial charge on any atom is 0.257 e. The molecule has 0 unspecified atom stereocenters. The molecule has 0 atom stereocenters. The third kappa shape index (κ3) is 3.96. The lowest BCUT2D eigenvalue weighted by molar-refractivity contribution is 0.102. The van der Waals surface area contributed by atoms with E-state index in [1.165, 1.54) is 0 Å². The van der Waals surface area contributed by atoms with Crippen molar-refractivity contribution in [3.8, 4) is 0 Å². The number of carbonyl (C=O) groups excluding carboxylic acids is 1. The van der Waals surface area contributed by atoms with Gasteiger partial charge in [-0.25, -0.2) is 4.98 Å². The van der Waals surface area contributed by atoms with Crippen molar-refractivity contribution in [2.24, 2.45) is 0 Å². The molecule has 0 saturated heterocycles. The number of hydrogen-bond acceptors (Lipinski definition) is 3. The lowest BCUT2D eigenvalue weighted by atomic mass is 10.2. The Balaban J connectivity index is 2.00. The summed E-state index contributed by atoms with van der Waals surface area (Å²) in [5.74, 6) is 0.580. The summed E-state index contributed by atoms with van der Waals surface area (Å²) in [4.78, 5) is 16.2. The van der Waals surface area contributed by atoms with Crippen molar-refractivity contribution in [1.82, 2.24) is 4.98 Å². The zero-order chi connectivity index (χ0) is 14.4. The van der Waals surface area contributed by atoms with Crippen LogP contribution in [0.2, 0.25) is 5.02 Å². The van der Waals surface area contributed by atoms with Gasteiger partial charge in [0.1, 0.15) is 5.82 Å². The largest absolute Gasteiger partial charge is 0.370 e. The summed E-state index contributed by atoms with van der Waals surface area (Å²) in [5.41, 5.74) is 1.22. The van der Waals surface area contributed by atoms with E-state index in [1.54, 1.807) is 42.6 Å². The minimum Gasteiger partial charge on any atom is -0.370 e. The Morgan fingerprint density at radius 2 is 1.95 bits per heavy atom. The molecule has 0 radical (unpaired) electrons. The van der Waals surface area contributed by atoms with E-state index >= 15 is 0 Å². The van der Waals surface area contributed by atoms with Gasteiger partial charge in [-0.05, 0) is 42.8 Å². The molecule has 2 aromatic rings. The lowest BCUT2D eigenvalue weighted by Crippen LogP contribution is -2.12. The Bertz CT molecular complexity index is 567. The fourth-order valence-electron chi connectivity index (χ4n) is 1.62. The number of nitrogens with zero attached hydrogens (tertiary/aromatic N) is 1. The molecule has 2 rings (SSSR count). The molecule has 1 aromatic heterocycles. The standard InChI is InChI=1S/C15H16ClN3O/c1-2-9-17-14-8-3-11(10-18-14)15(20)19-13-6-4-12(16)5-7-13/h3-8,10H,2,9H2,1H3,(H,17,18)(H,19,20). The predicted octanol–water partition coefficient (Wildman–Crippen LogP) is 3.81. The molecule has 1 aromatic carbocycles. The van der Waals surface area contributed by atoms with Crippen LogP contribution in [-0.4, -0.2) is 17.4 Å². The van der Waals surface area contributed by atoms with Gasteiger partial charge in [-0.15, -0.1) is 0 Å². The van der Waals surface area contributed by atoms with Crippen LogP contribution >= 0.6 is 11.6 Å². The second kappa shape index (κ2) is 6.91. The normalized spacial score (nSPS) is 10.1. The lowest BCUT2D eigenvalue weighted by Gasteiger charge is -2.07. The number of aromatic nitrogens is 1. The number of rotatable bonds is 5. The van der Waals surface area contributed by atoms with E-state index in [2.05, 4.69) is 22.5 Å². The molecule has 2 N–H and O–H groups in total. The van der Waals surface area contributed by atoms with Crippen LogP contribution in [0.25, 0.3) is 0 Å². The number of nitrogens with one attached hydrogen (secondary N) is 2. The quantitative estimate of drug-likeness (QED) is 0.880. The Hall–Kier alpha value is -2.07. The molecule has 5 heteroatoms. The highest BCUT2D eigenvalue weighted by molar-refractivity contribution is 6.30. The molecular formula is C15H16ClN3O. The topological polar surface area (TPSA) is 54.0 Å². The highest BCUT2D eigenvalue weighted by atomic mass is 35.5. The molecular weight excluding hydrogens is 274 g/mol. The van der Waals surface area contributed by atoms with Gasteiger partial charge in [-0.2, -0.15) is 0 Å². The molecule has 4 nitrogen and oxygen atoms in total. The van der Waals surface area contributed by atoms with Crippen LogP contribution in [0.5, 0.6) is 0 Å². The fourth-order valence-corrected chi connectivity index (χ4v) is 1.75. The molecule has 0 bridgehead atoms. The van der Waals surface area contributed by atoms with Crippen LogP contribution < -0.4 is 10.6 Å². The van der Waals surface area contributed by atoms with Crippen molar-refractivity contribution >= 4 is 29.0 Å². The average Bonchev–Trinajstić information content (AvgIpc) is 2.48. The second-order valence-corrected chi connectivity index (χ2v) is 4.76. The zero-order valence-electron chi connectivity index (χ0n) is 11.2. The minimum atomic E-state index is -0.193. The summed E-state index contributed by atoms with van der Waals surface area (Å²) < 4.78 is 0. The second-order valence-electron chi connectivity index (χ2n) is 4.32. The molecule has 1 amide bonds. The van der Waals surface area contributed by atoms with E-state index in [9.17, 15) is 4.79 Å². The van der Waals surface area contributed by atoms with Gasteiger partial charge in [0.15, 0.2) is 0 Å². The first kappa shape index (κ1) is 14.3. The molecule has 20 heavy (non-hydrogen) atoms. The summed E-state index contributed by atoms with van der Waals surface area (Å²) in [7, 11) is 0. The number of anilines is 2. The van der Waals surface area contributed by atoms with E-state index in [0.29, 0.717) is 16.3 Å². The van der Waals surface area contributed by atoms with Gasteiger partial charge < -0.3 is 10.6 Å². The van der Waals surface area contributed by atoms with Crippen molar-refractivity contribution in [2.45, 2.75) is 13.3 Å². The summed E-state index contributed by atoms with van der Waals surface area (Å²) in [5, 5.41) is 6.58. The van der Waals surface area contributed by atoms with Crippen LogP contribution in [0.15, 0.2) is 42.6 Å². The van der Waals surface area contributed by atoms with Crippen molar-refractivity contribution in [3.05, 3.63) is 53.2 Å². The van der Waals surface area contributed by atoms with Crippen LogP contribution in [0.1, 0.15) is 23.7 Å². The SMILES string of the molecule is CCCNc1ccc(C(=O)Nc2ccc(Cl)cc2)cn1. The Labute approximate surface area is 123 Å². The third-order valence-corrected chi connectivity index (χ3v) is 2.94. The molecule has 104 valence electrons. The summed E-state index contributed by atoms with van der Waals surface area (Å²) >= 11 is 5.79. The van der Waals surface area contributed by atoms with Gasteiger partial charge in [-0.1, -0.05) is 18.5 Å². The number of pyridine rings is 1. The number of carbonyl (C=O) groups is 1. The van der Waals surface area contributed by atoms with Crippen molar-refractivity contribution < 1.29 is 4.79 Å². The molecule has 0 fully saturated rings. The number of benzene rings is 1. The number of hydrogen-bond donors (Lipinski definition) is 2. The molecule has 0 aliphatic heterocycles. The maximum absolute atomic E-state index is 12.0. The van der Waals surface area contributed by atoms with Crippen LogP contribution in [0, 0.1) is 0 Å². The monoisotopic (exact) mass is 289 g/mol. The third-order valence-electron chi connectivity index (χ3n) is 2.68. The van der Waals surface area contributed by atoms with E-state index in [0.717, 1.165) is 18.8 Å². The average molecular weight is 290 g/mol. The Kier molecular flexibility index (Phi) is 4.96. The molecule has 0 aliphatic carbocycles. The molecule has 0 saturated carbocycles. The smallest absolute Gasteiger partial charge is 0.257 e. The van der Waals surface area contributed by atoms with Crippen LogP contribution in [0.4, 0.5) is 11.5 Å². The maximum atomic E-state index is 12.0. The fraction of sp³-hybridized carbons (Fsp3) is 0.200. The van der Waals surface area contributed by atoms with Crippen molar-refractivity contribution in [2.75, 3.05) is 17.2 Å². The van der Waals surface area contributed by atoms with E-state index in [1.807, 2.05) is 0 Å². The van der Waals surface area contributed by atoms with Crippen molar-refractivity contribution in [1.29, 1.82) is 0 Å². The van der Waals surface area contributed by atoms with E-state index < -0.39 is 0 Å². The molecule has 1 heterocycles. The van der Waals surface area contributed by atoms with Gasteiger partial charge in [0, 0.05) is 23.5 Å². The minimum absolute atomic E-state index is 0.193. The summed E-state index contributed by atoms with van der Waals surface area (Å²) in [6, 6.07) is 10.5. The zero-order valence-corrected chi connectivity index (χ0v) is 11.9. The molecule has 0 aliphatic rings. The number of halogens is 1. The first-order valence-electron chi connectivity index (χ1n) is 6.46. The predicted molar refractivity (Wildman–Crippen MR) is 82.4 cm³/mol. The van der Waals surface area contributed by atoms with Gasteiger partial charge in [0.05, 0.1) is 5.56 Å². The van der Waals surface area contributed by atoms with E-state index in [-0.39, 0.29) is 5.91 Å². The highest BCUT2D eigenvalue weighted by Gasteiger charge is 2.06. The van der Waals surface area contributed by atoms with Gasteiger partial charge in [0.2, 0.25) is 0 Å². The summed E-state index contributed by atoms with van der Waals surface area (Å²) in [6.45, 7) is 2.95. The number of amides is 1. The van der Waals surface area contributed by atoms with E-state index in [4.69, 9.17) is 11.6 Å². The van der Waals surface area contributed by atoms with Crippen LogP contribution in [-0.2, 0) is 0 Å². The van der Waals surface area contributed by atoms with Gasteiger partial charge in [0.25, 0.3) is 5.91 Å². The van der Waals surface area contributed by atoms with Crippen LogP contribution in [0.3, 0.4) is 0 Å². The first-order chi connectivity index (χ1) is 9.69. The summed E-state index contributed by atoms with van der Waals surface area (Å²) in [6.07, 6.45) is 2.59. The first-order valence-corrected chi connectivity index (χ1v) is 6.83. The Morgan fingerprint density at radius 1 is 1.20 bits per heavy atom. The van der Waals surface area contributed by atoms with Gasteiger partial charge >= 0.3 is 0 Å².